The van der Waals surface area contributed by atoms with Gasteiger partial charge in [-0.1, -0.05) is 18.2 Å². The Labute approximate surface area is 94.4 Å². The van der Waals surface area contributed by atoms with Crippen LogP contribution in [-0.2, 0) is 15.7 Å². The molecule has 0 unspecified atom stereocenters. The second-order valence-corrected chi connectivity index (χ2v) is 4.90. The summed E-state index contributed by atoms with van der Waals surface area (Å²) in [6.45, 7) is 0.733. The number of para-hydroxylation sites is 1. The molecule has 0 aliphatic rings. The maximum absolute atomic E-state index is 11.1. The van der Waals surface area contributed by atoms with E-state index < -0.39 is 7.83 Å². The predicted molar refractivity (Wildman–Crippen MR) is 63.0 cm³/mol. The van der Waals surface area contributed by atoms with Gasteiger partial charge in [0.1, 0.15) is 0 Å². The van der Waals surface area contributed by atoms with Crippen LogP contribution < -0.4 is 0 Å². The highest BCUT2D eigenvalue weighted by Gasteiger charge is 2.10. The van der Waals surface area contributed by atoms with Crippen LogP contribution >= 0.6 is 7.83 Å². The maximum Gasteiger partial charge on any atom is 0.431 e. The Morgan fingerprint density at radius 1 is 1.25 bits per heavy atom. The standard InChI is InChI=1S/C11H13N2O2P/c1-12(2)7-9-8-13(16(14)15)11-6-4-3-5-10(9)11/h3-6,8H,7H2,1-2H3. The van der Waals surface area contributed by atoms with Crippen LogP contribution in [0.25, 0.3) is 10.9 Å². The molecule has 1 heterocycles. The molecule has 0 N–H and O–H groups in total. The third-order valence-electron chi connectivity index (χ3n) is 2.44. The molecule has 1 aromatic carbocycles. The molecule has 0 bridgehead atoms. The molecule has 0 fully saturated rings. The van der Waals surface area contributed by atoms with Crippen LogP contribution in [0.2, 0.25) is 0 Å². The smallest absolute Gasteiger partial charge is 0.305 e. The van der Waals surface area contributed by atoms with E-state index in [9.17, 15) is 9.13 Å². The molecular weight excluding hydrogens is 223 g/mol. The lowest BCUT2D eigenvalue weighted by Crippen LogP contribution is -2.10. The molecule has 0 saturated heterocycles. The molecule has 0 aliphatic heterocycles. The summed E-state index contributed by atoms with van der Waals surface area (Å²) in [4.78, 5) is 2.02. The highest BCUT2D eigenvalue weighted by molar-refractivity contribution is 7.29. The molecule has 0 atom stereocenters. The van der Waals surface area contributed by atoms with Gasteiger partial charge in [0, 0.05) is 18.1 Å². The molecule has 2 rings (SSSR count). The third kappa shape index (κ3) is 1.94. The van der Waals surface area contributed by atoms with Gasteiger partial charge in [-0.05, 0) is 25.7 Å². The van der Waals surface area contributed by atoms with Crippen LogP contribution in [0.15, 0.2) is 30.5 Å². The number of nitrogens with zero attached hydrogens (tertiary/aromatic N) is 2. The van der Waals surface area contributed by atoms with Gasteiger partial charge in [-0.15, -0.1) is 0 Å². The molecule has 0 amide bonds. The van der Waals surface area contributed by atoms with Crippen molar-refractivity contribution in [2.75, 3.05) is 14.1 Å². The lowest BCUT2D eigenvalue weighted by molar-refractivity contribution is 0.404. The summed E-state index contributed by atoms with van der Waals surface area (Å²) >= 11 is 0. The van der Waals surface area contributed by atoms with Crippen LogP contribution in [-0.4, -0.2) is 23.3 Å². The maximum atomic E-state index is 11.1. The molecule has 16 heavy (non-hydrogen) atoms. The normalized spacial score (nSPS) is 11.2. The number of aromatic nitrogens is 1. The summed E-state index contributed by atoms with van der Waals surface area (Å²) in [5, 5.41) is 0.996. The number of hydrogen-bond acceptors (Lipinski definition) is 3. The molecule has 2 aromatic rings. The van der Waals surface area contributed by atoms with Crippen molar-refractivity contribution >= 4 is 18.7 Å². The SMILES string of the molecule is CN(C)Cc1cn(P(=O)=O)c2ccccc12. The Balaban J connectivity index is 2.66. The van der Waals surface area contributed by atoms with Crippen LogP contribution in [0.3, 0.4) is 0 Å². The highest BCUT2D eigenvalue weighted by atomic mass is 31.1. The van der Waals surface area contributed by atoms with E-state index >= 15 is 0 Å². The average molecular weight is 236 g/mol. The van der Waals surface area contributed by atoms with Crippen molar-refractivity contribution in [2.45, 2.75) is 6.54 Å². The molecule has 4 nitrogen and oxygen atoms in total. The first kappa shape index (κ1) is 11.1. The van der Waals surface area contributed by atoms with Gasteiger partial charge < -0.3 is 4.90 Å². The summed E-state index contributed by atoms with van der Waals surface area (Å²) in [6, 6.07) is 7.53. The van der Waals surface area contributed by atoms with E-state index in [1.165, 1.54) is 4.34 Å². The minimum Gasteiger partial charge on any atom is -0.305 e. The number of benzene rings is 1. The fourth-order valence-electron chi connectivity index (χ4n) is 1.83. The Bertz CT molecular complexity index is 577. The Hall–Kier alpha value is -1.38. The van der Waals surface area contributed by atoms with Gasteiger partial charge >= 0.3 is 7.83 Å². The van der Waals surface area contributed by atoms with Gasteiger partial charge in [-0.2, -0.15) is 0 Å². The molecule has 0 spiro atoms. The van der Waals surface area contributed by atoms with Gasteiger partial charge in [0.05, 0.1) is 5.52 Å². The van der Waals surface area contributed by atoms with Gasteiger partial charge in [0.2, 0.25) is 0 Å². The number of hydrogen-bond donors (Lipinski definition) is 0. The van der Waals surface area contributed by atoms with Crippen molar-refractivity contribution < 1.29 is 9.13 Å². The van der Waals surface area contributed by atoms with E-state index in [1.54, 1.807) is 6.20 Å². The van der Waals surface area contributed by atoms with Crippen molar-refractivity contribution in [1.29, 1.82) is 0 Å². The summed E-state index contributed by atoms with van der Waals surface area (Å²) in [6.07, 6.45) is 1.69. The van der Waals surface area contributed by atoms with Crippen LogP contribution in [0.4, 0.5) is 0 Å². The fraction of sp³-hybridized carbons (Fsp3) is 0.273. The van der Waals surface area contributed by atoms with Crippen molar-refractivity contribution in [2.24, 2.45) is 0 Å². The summed E-state index contributed by atoms with van der Waals surface area (Å²) in [7, 11) is 1.32. The summed E-state index contributed by atoms with van der Waals surface area (Å²) < 4.78 is 23.5. The first-order valence-corrected chi connectivity index (χ1v) is 6.11. The lowest BCUT2D eigenvalue weighted by atomic mass is 10.2. The first-order chi connectivity index (χ1) is 7.59. The van der Waals surface area contributed by atoms with Crippen LogP contribution in [0.1, 0.15) is 5.56 Å². The van der Waals surface area contributed by atoms with Crippen molar-refractivity contribution in [3.05, 3.63) is 36.0 Å². The van der Waals surface area contributed by atoms with Gasteiger partial charge in [0.25, 0.3) is 0 Å². The lowest BCUT2D eigenvalue weighted by Gasteiger charge is -2.07. The third-order valence-corrected chi connectivity index (χ3v) is 3.12. The van der Waals surface area contributed by atoms with Gasteiger partial charge in [0.15, 0.2) is 0 Å². The number of fused-ring (bicyclic) bond motifs is 1. The van der Waals surface area contributed by atoms with Crippen LogP contribution in [0, 0.1) is 0 Å². The molecule has 0 radical (unpaired) electrons. The molecule has 0 saturated carbocycles. The van der Waals surface area contributed by atoms with Crippen molar-refractivity contribution in [1.82, 2.24) is 9.24 Å². The second-order valence-electron chi connectivity index (χ2n) is 3.99. The van der Waals surface area contributed by atoms with E-state index in [0.717, 1.165) is 23.0 Å². The second kappa shape index (κ2) is 4.24. The zero-order chi connectivity index (χ0) is 11.7. The zero-order valence-electron chi connectivity index (χ0n) is 9.25. The fourth-order valence-corrected chi connectivity index (χ4v) is 2.42. The Kier molecular flexibility index (Phi) is 2.95. The first-order valence-electron chi connectivity index (χ1n) is 4.98. The van der Waals surface area contributed by atoms with Crippen molar-refractivity contribution in [3.63, 3.8) is 0 Å². The monoisotopic (exact) mass is 236 g/mol. The van der Waals surface area contributed by atoms with E-state index in [4.69, 9.17) is 0 Å². The van der Waals surface area contributed by atoms with E-state index in [-0.39, 0.29) is 0 Å². The summed E-state index contributed by atoms with van der Waals surface area (Å²) in [5.41, 5.74) is 1.77. The molecule has 0 aliphatic carbocycles. The Morgan fingerprint density at radius 2 is 1.94 bits per heavy atom. The average Bonchev–Trinajstić information content (AvgIpc) is 2.57. The topological polar surface area (TPSA) is 42.3 Å². The molecule has 5 heteroatoms. The van der Waals surface area contributed by atoms with Gasteiger partial charge in [-0.25, -0.2) is 13.5 Å². The molecule has 1 aromatic heterocycles. The van der Waals surface area contributed by atoms with E-state index in [0.29, 0.717) is 0 Å². The van der Waals surface area contributed by atoms with Crippen LogP contribution in [0.5, 0.6) is 0 Å². The van der Waals surface area contributed by atoms with Gasteiger partial charge in [-0.3, -0.25) is 0 Å². The summed E-state index contributed by atoms with van der Waals surface area (Å²) in [5.74, 6) is 0. The quantitative estimate of drug-likeness (QED) is 0.769. The predicted octanol–water partition coefficient (Wildman–Crippen LogP) is 2.64. The minimum atomic E-state index is -2.60. The van der Waals surface area contributed by atoms with E-state index in [1.807, 2.05) is 43.3 Å². The minimum absolute atomic E-state index is 0.733. The van der Waals surface area contributed by atoms with E-state index in [2.05, 4.69) is 0 Å². The molecule has 84 valence electrons. The van der Waals surface area contributed by atoms with Crippen molar-refractivity contribution in [3.8, 4) is 0 Å². The zero-order valence-corrected chi connectivity index (χ0v) is 10.1. The largest absolute Gasteiger partial charge is 0.431 e. The highest BCUT2D eigenvalue weighted by Crippen LogP contribution is 2.27. The number of rotatable bonds is 3. The Morgan fingerprint density at radius 3 is 2.56 bits per heavy atom. The molecular formula is C11H13N2O2P.